The van der Waals surface area contributed by atoms with Gasteiger partial charge in [-0.2, -0.15) is 17.5 Å². The molecule has 2 N–H and O–H groups in total. The second-order valence-corrected chi connectivity index (χ2v) is 11.7. The van der Waals surface area contributed by atoms with Crippen molar-refractivity contribution < 1.29 is 34.8 Å². The largest absolute Gasteiger partial charge is 0.411 e. The molecule has 0 unspecified atom stereocenters. The lowest BCUT2D eigenvalue weighted by atomic mass is 10.1. The Balaban J connectivity index is 1.58. The van der Waals surface area contributed by atoms with Gasteiger partial charge in [0.15, 0.2) is 0 Å². The maximum absolute atomic E-state index is 13.0. The first kappa shape index (κ1) is 24.7. The van der Waals surface area contributed by atoms with Gasteiger partial charge in [-0.3, -0.25) is 4.79 Å². The molecule has 0 aromatic heterocycles. The molecular formula is C19H24F3N3O5S2. The summed E-state index contributed by atoms with van der Waals surface area (Å²) < 4.78 is 91.0. The van der Waals surface area contributed by atoms with Gasteiger partial charge in [0, 0.05) is 25.0 Å². The first-order valence-electron chi connectivity index (χ1n) is 9.87. The van der Waals surface area contributed by atoms with Gasteiger partial charge >= 0.3 is 6.18 Å². The molecule has 1 aromatic rings. The lowest BCUT2D eigenvalue weighted by Crippen LogP contribution is -2.48. The number of sulfonamides is 2. The maximum atomic E-state index is 13.0. The molecule has 0 radical (unpaired) electrons. The Bertz CT molecular complexity index is 1080. The number of hydrogen-bond acceptors (Lipinski definition) is 5. The smallest absolute Gasteiger partial charge is 0.342 e. The molecule has 1 saturated heterocycles. The molecule has 1 amide bonds. The molecule has 8 nitrogen and oxygen atoms in total. The van der Waals surface area contributed by atoms with Crippen molar-refractivity contribution in [3.63, 3.8) is 0 Å². The average Bonchev–Trinajstić information content (AvgIpc) is 3.34. The van der Waals surface area contributed by atoms with Gasteiger partial charge in [0.25, 0.3) is 0 Å². The Kier molecular flexibility index (Phi) is 6.76. The number of halogens is 3. The van der Waals surface area contributed by atoms with Gasteiger partial charge in [-0.05, 0) is 42.9 Å². The highest BCUT2D eigenvalue weighted by Gasteiger charge is 2.64. The third-order valence-electron chi connectivity index (χ3n) is 5.64. The molecule has 0 bridgehead atoms. The van der Waals surface area contributed by atoms with Crippen LogP contribution in [-0.2, 0) is 31.3 Å². The number of alkyl halides is 3. The number of hydrogen-bond donors (Lipinski definition) is 2. The van der Waals surface area contributed by atoms with Crippen LogP contribution in [0.5, 0.6) is 0 Å². The Labute approximate surface area is 185 Å². The van der Waals surface area contributed by atoms with Crippen molar-refractivity contribution in [2.45, 2.75) is 42.3 Å². The number of amides is 1. The molecule has 1 aliphatic carbocycles. The van der Waals surface area contributed by atoms with Crippen LogP contribution in [0.1, 0.15) is 24.8 Å². The molecular weight excluding hydrogens is 471 g/mol. The standard InChI is InChI=1S/C19H24F3N3O5S2/c1-2-31(27,28)23-12-15-7-10-25(13-15)32(29,30)16-5-3-14(4-6-16)11-17(26)24-18(8-9-18)19(20,21)22/h2-6,15,23H,1,7-13H2,(H,24,26)/t15-/m1/s1. The van der Waals surface area contributed by atoms with E-state index in [4.69, 9.17) is 0 Å². The van der Waals surface area contributed by atoms with E-state index in [2.05, 4.69) is 11.3 Å². The molecule has 1 aromatic carbocycles. The van der Waals surface area contributed by atoms with Crippen LogP contribution in [0.15, 0.2) is 41.1 Å². The van der Waals surface area contributed by atoms with E-state index in [0.717, 1.165) is 5.41 Å². The van der Waals surface area contributed by atoms with E-state index >= 15 is 0 Å². The number of benzene rings is 1. The minimum Gasteiger partial charge on any atom is -0.342 e. The molecule has 1 atom stereocenters. The first-order chi connectivity index (χ1) is 14.8. The zero-order valence-corrected chi connectivity index (χ0v) is 18.7. The summed E-state index contributed by atoms with van der Waals surface area (Å²) in [6, 6.07) is 5.40. The number of carbonyl (C=O) groups excluding carboxylic acids is 1. The van der Waals surface area contributed by atoms with Crippen LogP contribution < -0.4 is 10.0 Å². The van der Waals surface area contributed by atoms with E-state index in [1.807, 2.05) is 5.32 Å². The summed E-state index contributed by atoms with van der Waals surface area (Å²) in [5.74, 6) is -0.967. The van der Waals surface area contributed by atoms with Crippen molar-refractivity contribution in [3.05, 3.63) is 41.8 Å². The Morgan fingerprint density at radius 2 is 1.81 bits per heavy atom. The van der Waals surface area contributed by atoms with E-state index in [1.54, 1.807) is 0 Å². The quantitative estimate of drug-likeness (QED) is 0.539. The summed E-state index contributed by atoms with van der Waals surface area (Å²) in [6.45, 7) is 3.66. The molecule has 1 heterocycles. The van der Waals surface area contributed by atoms with Crippen LogP contribution in [0.4, 0.5) is 13.2 Å². The summed E-state index contributed by atoms with van der Waals surface area (Å²) >= 11 is 0. The minimum absolute atomic E-state index is 0.0112. The summed E-state index contributed by atoms with van der Waals surface area (Å²) in [6.07, 6.45) is -4.61. The van der Waals surface area contributed by atoms with Crippen molar-refractivity contribution in [1.82, 2.24) is 14.3 Å². The van der Waals surface area contributed by atoms with Crippen molar-refractivity contribution in [3.8, 4) is 0 Å². The fourth-order valence-electron chi connectivity index (χ4n) is 3.50. The second kappa shape index (κ2) is 8.76. The predicted octanol–water partition coefficient (Wildman–Crippen LogP) is 1.51. The topological polar surface area (TPSA) is 113 Å². The van der Waals surface area contributed by atoms with Crippen LogP contribution in [0.25, 0.3) is 0 Å². The predicted molar refractivity (Wildman–Crippen MR) is 110 cm³/mol. The van der Waals surface area contributed by atoms with E-state index < -0.39 is 37.7 Å². The molecule has 13 heteroatoms. The van der Waals surface area contributed by atoms with Gasteiger partial charge in [-0.1, -0.05) is 18.7 Å². The monoisotopic (exact) mass is 495 g/mol. The summed E-state index contributed by atoms with van der Waals surface area (Å²) in [5, 5.41) is 2.82. The zero-order chi connectivity index (χ0) is 23.8. The van der Waals surface area contributed by atoms with E-state index in [9.17, 15) is 34.8 Å². The molecule has 0 spiro atoms. The highest BCUT2D eigenvalue weighted by atomic mass is 32.2. The summed E-state index contributed by atoms with van der Waals surface area (Å²) in [5.41, 5.74) is -1.75. The van der Waals surface area contributed by atoms with Crippen LogP contribution in [0, 0.1) is 5.92 Å². The number of nitrogens with one attached hydrogen (secondary N) is 2. The number of carbonyl (C=O) groups is 1. The van der Waals surface area contributed by atoms with E-state index in [0.29, 0.717) is 12.0 Å². The molecule has 2 aliphatic rings. The third kappa shape index (κ3) is 5.50. The summed E-state index contributed by atoms with van der Waals surface area (Å²) in [7, 11) is -7.42. The Morgan fingerprint density at radius 1 is 1.19 bits per heavy atom. The molecule has 1 saturated carbocycles. The zero-order valence-electron chi connectivity index (χ0n) is 17.1. The first-order valence-corrected chi connectivity index (χ1v) is 12.9. The lowest BCUT2D eigenvalue weighted by molar-refractivity contribution is -0.170. The molecule has 1 aliphatic heterocycles. The van der Waals surface area contributed by atoms with Gasteiger partial charge in [-0.15, -0.1) is 0 Å². The maximum Gasteiger partial charge on any atom is 0.411 e. The van der Waals surface area contributed by atoms with E-state index in [1.165, 1.54) is 28.6 Å². The second-order valence-electron chi connectivity index (χ2n) is 8.03. The fraction of sp³-hybridized carbons (Fsp3) is 0.526. The Hall–Kier alpha value is -1.96. The molecule has 178 valence electrons. The molecule has 2 fully saturated rings. The third-order valence-corrected chi connectivity index (χ3v) is 8.53. The van der Waals surface area contributed by atoms with E-state index in [-0.39, 0.29) is 49.7 Å². The van der Waals surface area contributed by atoms with Crippen LogP contribution in [-0.4, -0.2) is 58.4 Å². The van der Waals surface area contributed by atoms with Gasteiger partial charge in [0.1, 0.15) is 5.54 Å². The van der Waals surface area contributed by atoms with Gasteiger partial charge in [0.05, 0.1) is 11.3 Å². The Morgan fingerprint density at radius 3 is 2.34 bits per heavy atom. The fourth-order valence-corrected chi connectivity index (χ4v) is 5.62. The highest BCUT2D eigenvalue weighted by molar-refractivity contribution is 7.92. The van der Waals surface area contributed by atoms with Crippen molar-refractivity contribution in [2.24, 2.45) is 5.92 Å². The van der Waals surface area contributed by atoms with Gasteiger partial charge in [0.2, 0.25) is 26.0 Å². The summed E-state index contributed by atoms with van der Waals surface area (Å²) in [4.78, 5) is 12.0. The van der Waals surface area contributed by atoms with Crippen LogP contribution in [0.3, 0.4) is 0 Å². The minimum atomic E-state index is -4.50. The molecule has 3 rings (SSSR count). The SMILES string of the molecule is C=CS(=O)(=O)NC[C@H]1CCN(S(=O)(=O)c2ccc(CC(=O)NC3(C(F)(F)F)CC3)cc2)C1. The number of rotatable bonds is 9. The average molecular weight is 496 g/mol. The van der Waals surface area contributed by atoms with Gasteiger partial charge in [-0.25, -0.2) is 21.6 Å². The highest BCUT2D eigenvalue weighted by Crippen LogP contribution is 2.48. The normalized spacial score (nSPS) is 21.3. The number of nitrogens with zero attached hydrogens (tertiary/aromatic N) is 1. The molecule has 32 heavy (non-hydrogen) atoms. The van der Waals surface area contributed by atoms with Crippen molar-refractivity contribution in [1.29, 1.82) is 0 Å². The van der Waals surface area contributed by atoms with Crippen molar-refractivity contribution in [2.75, 3.05) is 19.6 Å². The van der Waals surface area contributed by atoms with Crippen LogP contribution in [0.2, 0.25) is 0 Å². The van der Waals surface area contributed by atoms with Crippen molar-refractivity contribution >= 4 is 26.0 Å². The van der Waals surface area contributed by atoms with Gasteiger partial charge < -0.3 is 5.32 Å². The van der Waals surface area contributed by atoms with Crippen LogP contribution >= 0.6 is 0 Å². The lowest BCUT2D eigenvalue weighted by Gasteiger charge is -2.20.